The molecule has 3 N–H and O–H groups in total. The van der Waals surface area contributed by atoms with Crippen LogP contribution in [0, 0.1) is 11.6 Å². The van der Waals surface area contributed by atoms with E-state index < -0.39 is 23.2 Å². The number of aromatic carboxylic acids is 1. The molecule has 1 aromatic carbocycles. The van der Waals surface area contributed by atoms with Crippen LogP contribution in [0.1, 0.15) is 15.9 Å². The second-order valence-electron chi connectivity index (χ2n) is 2.43. The first-order valence-electron chi connectivity index (χ1n) is 3.47. The summed E-state index contributed by atoms with van der Waals surface area (Å²) in [4.78, 5) is 10.3. The molecule has 3 nitrogen and oxygen atoms in total. The van der Waals surface area contributed by atoms with Crippen molar-refractivity contribution in [1.82, 2.24) is 0 Å². The Balaban J connectivity index is 3.28. The highest BCUT2D eigenvalue weighted by atomic mass is 19.1. The van der Waals surface area contributed by atoms with Crippen molar-refractivity contribution >= 4 is 5.97 Å². The summed E-state index contributed by atoms with van der Waals surface area (Å²) in [5.41, 5.74) is 4.37. The summed E-state index contributed by atoms with van der Waals surface area (Å²) in [7, 11) is 0. The van der Waals surface area contributed by atoms with Gasteiger partial charge in [-0.25, -0.2) is 13.6 Å². The smallest absolute Gasteiger partial charge is 0.338 e. The summed E-state index contributed by atoms with van der Waals surface area (Å²) >= 11 is 0. The Morgan fingerprint density at radius 1 is 1.38 bits per heavy atom. The Morgan fingerprint density at radius 3 is 2.46 bits per heavy atom. The van der Waals surface area contributed by atoms with E-state index >= 15 is 0 Å². The van der Waals surface area contributed by atoms with Crippen LogP contribution < -0.4 is 5.73 Å². The van der Waals surface area contributed by atoms with Crippen LogP contribution in [0.15, 0.2) is 12.1 Å². The van der Waals surface area contributed by atoms with E-state index in [0.29, 0.717) is 6.07 Å². The number of halogens is 2. The van der Waals surface area contributed by atoms with Gasteiger partial charge in [0, 0.05) is 12.1 Å². The quantitative estimate of drug-likeness (QED) is 0.729. The van der Waals surface area contributed by atoms with Crippen LogP contribution in [0.25, 0.3) is 0 Å². The number of hydrogen-bond donors (Lipinski definition) is 2. The van der Waals surface area contributed by atoms with E-state index in [9.17, 15) is 13.6 Å². The van der Waals surface area contributed by atoms with E-state index in [1.165, 1.54) is 0 Å². The van der Waals surface area contributed by atoms with Gasteiger partial charge in [-0.15, -0.1) is 0 Å². The van der Waals surface area contributed by atoms with Gasteiger partial charge >= 0.3 is 5.97 Å². The lowest BCUT2D eigenvalue weighted by Gasteiger charge is -2.02. The van der Waals surface area contributed by atoms with Crippen molar-refractivity contribution < 1.29 is 18.7 Å². The number of carboxylic acid groups (broad SMARTS) is 1. The van der Waals surface area contributed by atoms with Gasteiger partial charge in [0.25, 0.3) is 0 Å². The van der Waals surface area contributed by atoms with Crippen molar-refractivity contribution in [3.8, 4) is 0 Å². The first-order valence-corrected chi connectivity index (χ1v) is 3.47. The number of carboxylic acids is 1. The highest BCUT2D eigenvalue weighted by Crippen LogP contribution is 2.14. The van der Waals surface area contributed by atoms with Crippen LogP contribution in [0.4, 0.5) is 8.78 Å². The van der Waals surface area contributed by atoms with Gasteiger partial charge in [0.1, 0.15) is 11.6 Å². The molecule has 0 aromatic heterocycles. The zero-order valence-electron chi connectivity index (χ0n) is 6.55. The molecule has 0 aliphatic rings. The molecule has 1 rings (SSSR count). The normalized spacial score (nSPS) is 10.1. The lowest BCUT2D eigenvalue weighted by molar-refractivity contribution is 0.0691. The van der Waals surface area contributed by atoms with Crippen molar-refractivity contribution in [1.29, 1.82) is 0 Å². The van der Waals surface area contributed by atoms with Crippen LogP contribution in [0.2, 0.25) is 0 Å². The minimum atomic E-state index is -1.50. The van der Waals surface area contributed by atoms with Gasteiger partial charge in [-0.2, -0.15) is 0 Å². The van der Waals surface area contributed by atoms with E-state index in [1.807, 2.05) is 0 Å². The van der Waals surface area contributed by atoms with Crippen molar-refractivity contribution in [3.05, 3.63) is 34.9 Å². The second kappa shape index (κ2) is 3.49. The van der Waals surface area contributed by atoms with Crippen molar-refractivity contribution in [2.75, 3.05) is 0 Å². The molecule has 0 unspecified atom stereocenters. The molecule has 70 valence electrons. The Labute approximate surface area is 72.8 Å². The molecule has 0 spiro atoms. The average molecular weight is 187 g/mol. The van der Waals surface area contributed by atoms with Gasteiger partial charge in [-0.3, -0.25) is 0 Å². The van der Waals surface area contributed by atoms with E-state index in [4.69, 9.17) is 10.8 Å². The average Bonchev–Trinajstić information content (AvgIpc) is 2.07. The molecule has 0 saturated carbocycles. The molecule has 5 heteroatoms. The number of carbonyl (C=O) groups is 1. The van der Waals surface area contributed by atoms with Crippen LogP contribution >= 0.6 is 0 Å². The van der Waals surface area contributed by atoms with E-state index in [1.54, 1.807) is 0 Å². The molecule has 0 saturated heterocycles. The predicted octanol–water partition coefficient (Wildman–Crippen LogP) is 1.12. The first kappa shape index (κ1) is 9.60. The molecule has 0 bridgehead atoms. The summed E-state index contributed by atoms with van der Waals surface area (Å²) in [6.07, 6.45) is 0. The third-order valence-electron chi connectivity index (χ3n) is 1.59. The highest BCUT2D eigenvalue weighted by Gasteiger charge is 2.13. The summed E-state index contributed by atoms with van der Waals surface area (Å²) in [6, 6.07) is 1.42. The van der Waals surface area contributed by atoms with Crippen molar-refractivity contribution in [3.63, 3.8) is 0 Å². The van der Waals surface area contributed by atoms with E-state index in [-0.39, 0.29) is 12.1 Å². The monoisotopic (exact) mass is 187 g/mol. The third-order valence-corrected chi connectivity index (χ3v) is 1.59. The van der Waals surface area contributed by atoms with Crippen LogP contribution in [0.5, 0.6) is 0 Å². The lowest BCUT2D eigenvalue weighted by atomic mass is 10.1. The van der Waals surface area contributed by atoms with E-state index in [0.717, 1.165) is 6.07 Å². The maximum absolute atomic E-state index is 12.9. The lowest BCUT2D eigenvalue weighted by Crippen LogP contribution is -2.06. The molecular weight excluding hydrogens is 180 g/mol. The molecule has 0 amide bonds. The number of nitrogens with two attached hydrogens (primary N) is 1. The van der Waals surface area contributed by atoms with Gasteiger partial charge in [-0.05, 0) is 12.1 Å². The Bertz CT molecular complexity index is 352. The van der Waals surface area contributed by atoms with Crippen molar-refractivity contribution in [2.24, 2.45) is 5.73 Å². The Hall–Kier alpha value is -1.49. The van der Waals surface area contributed by atoms with Gasteiger partial charge in [0.05, 0.1) is 5.56 Å². The second-order valence-corrected chi connectivity index (χ2v) is 2.43. The van der Waals surface area contributed by atoms with Gasteiger partial charge in [0.2, 0.25) is 0 Å². The SMILES string of the molecule is NCc1cc(F)c(C(=O)O)cc1F. The topological polar surface area (TPSA) is 63.3 Å². The zero-order chi connectivity index (χ0) is 10.0. The number of rotatable bonds is 2. The number of hydrogen-bond acceptors (Lipinski definition) is 2. The Morgan fingerprint density at radius 2 is 2.00 bits per heavy atom. The van der Waals surface area contributed by atoms with Crippen LogP contribution in [-0.4, -0.2) is 11.1 Å². The molecule has 0 fully saturated rings. The minimum absolute atomic E-state index is 0.0394. The summed E-state index contributed by atoms with van der Waals surface area (Å²) < 4.78 is 25.7. The predicted molar refractivity (Wildman–Crippen MR) is 41.2 cm³/mol. The maximum atomic E-state index is 12.9. The van der Waals surface area contributed by atoms with Crippen LogP contribution in [-0.2, 0) is 6.54 Å². The molecule has 0 aliphatic heterocycles. The summed E-state index contributed by atoms with van der Waals surface area (Å²) in [5.74, 6) is -3.28. The molecule has 1 aromatic rings. The molecular formula is C8H7F2NO2. The van der Waals surface area contributed by atoms with Gasteiger partial charge in [0.15, 0.2) is 0 Å². The fraction of sp³-hybridized carbons (Fsp3) is 0.125. The minimum Gasteiger partial charge on any atom is -0.478 e. The fourth-order valence-corrected chi connectivity index (χ4v) is 0.908. The Kier molecular flexibility index (Phi) is 2.57. The largest absolute Gasteiger partial charge is 0.478 e. The number of benzene rings is 1. The molecule has 0 atom stereocenters. The highest BCUT2D eigenvalue weighted by molar-refractivity contribution is 5.87. The molecule has 0 aliphatic carbocycles. The van der Waals surface area contributed by atoms with E-state index in [2.05, 4.69) is 0 Å². The first-order chi connectivity index (χ1) is 6.06. The molecule has 0 heterocycles. The standard InChI is InChI=1S/C8H7F2NO2/c9-6-2-5(8(12)13)7(10)1-4(6)3-11/h1-2H,3,11H2,(H,12,13). The van der Waals surface area contributed by atoms with Gasteiger partial charge < -0.3 is 10.8 Å². The fourth-order valence-electron chi connectivity index (χ4n) is 0.908. The van der Waals surface area contributed by atoms with Gasteiger partial charge in [-0.1, -0.05) is 0 Å². The zero-order valence-corrected chi connectivity index (χ0v) is 6.55. The van der Waals surface area contributed by atoms with Crippen molar-refractivity contribution in [2.45, 2.75) is 6.54 Å². The van der Waals surface area contributed by atoms with Crippen LogP contribution in [0.3, 0.4) is 0 Å². The molecule has 0 radical (unpaired) electrons. The molecule has 13 heavy (non-hydrogen) atoms. The third kappa shape index (κ3) is 1.81. The maximum Gasteiger partial charge on any atom is 0.338 e. The summed E-state index contributed by atoms with van der Waals surface area (Å²) in [5, 5.41) is 8.42. The summed E-state index contributed by atoms with van der Waals surface area (Å²) in [6.45, 7) is -0.164.